The first-order chi connectivity index (χ1) is 9.77. The van der Waals surface area contributed by atoms with Crippen LogP contribution in [0.25, 0.3) is 0 Å². The van der Waals surface area contributed by atoms with Crippen molar-refractivity contribution >= 4 is 33.2 Å². The Morgan fingerprint density at radius 1 is 1.33 bits per heavy atom. The molecule has 1 aromatic carbocycles. The molecule has 5 nitrogen and oxygen atoms in total. The zero-order valence-corrected chi connectivity index (χ0v) is 14.3. The van der Waals surface area contributed by atoms with Crippen molar-refractivity contribution in [2.45, 2.75) is 24.4 Å². The number of nitrogens with two attached hydrogens (primary N) is 1. The molecular formula is C13H19Cl2N3O2S. The average molecular weight is 352 g/mol. The van der Waals surface area contributed by atoms with E-state index in [1.165, 1.54) is 10.4 Å². The van der Waals surface area contributed by atoms with Crippen LogP contribution in [0.1, 0.15) is 12.5 Å². The lowest BCUT2D eigenvalue weighted by Gasteiger charge is -2.37. The zero-order chi connectivity index (χ0) is 15.8. The summed E-state index contributed by atoms with van der Waals surface area (Å²) in [4.78, 5) is 2.16. The summed E-state index contributed by atoms with van der Waals surface area (Å²) in [6.45, 7) is 3.68. The Morgan fingerprint density at radius 3 is 2.57 bits per heavy atom. The summed E-state index contributed by atoms with van der Waals surface area (Å²) in [5, 5.41) is 0.481. The van der Waals surface area contributed by atoms with E-state index < -0.39 is 10.0 Å². The van der Waals surface area contributed by atoms with Gasteiger partial charge in [0.2, 0.25) is 10.0 Å². The molecule has 1 aliphatic rings. The van der Waals surface area contributed by atoms with E-state index in [2.05, 4.69) is 4.90 Å². The topological polar surface area (TPSA) is 66.6 Å². The number of halogens is 2. The monoisotopic (exact) mass is 351 g/mol. The van der Waals surface area contributed by atoms with Crippen molar-refractivity contribution in [3.05, 3.63) is 27.7 Å². The predicted octanol–water partition coefficient (Wildman–Crippen LogP) is 1.78. The first kappa shape index (κ1) is 17.0. The van der Waals surface area contributed by atoms with Gasteiger partial charge in [-0.05, 0) is 31.7 Å². The fourth-order valence-electron chi connectivity index (χ4n) is 2.33. The van der Waals surface area contributed by atoms with Crippen LogP contribution in [0.3, 0.4) is 0 Å². The number of piperazine rings is 1. The Bertz CT molecular complexity index is 637. The largest absolute Gasteiger partial charge is 0.326 e. The van der Waals surface area contributed by atoms with Gasteiger partial charge in [-0.2, -0.15) is 4.31 Å². The van der Waals surface area contributed by atoms with E-state index in [0.717, 1.165) is 0 Å². The molecule has 0 bridgehead atoms. The number of nitrogens with zero attached hydrogens (tertiary/aromatic N) is 2. The Labute approximate surface area is 135 Å². The van der Waals surface area contributed by atoms with Gasteiger partial charge in [-0.25, -0.2) is 8.42 Å². The van der Waals surface area contributed by atoms with E-state index >= 15 is 0 Å². The second-order valence-electron chi connectivity index (χ2n) is 5.27. The molecule has 1 saturated heterocycles. The fourth-order valence-corrected chi connectivity index (χ4v) is 4.76. The Balaban J connectivity index is 2.43. The number of hydrogen-bond donors (Lipinski definition) is 1. The molecule has 21 heavy (non-hydrogen) atoms. The fraction of sp³-hybridized carbons (Fsp3) is 0.538. The van der Waals surface area contributed by atoms with Crippen LogP contribution in [0.2, 0.25) is 10.0 Å². The zero-order valence-electron chi connectivity index (χ0n) is 12.0. The van der Waals surface area contributed by atoms with Crippen LogP contribution < -0.4 is 5.73 Å². The van der Waals surface area contributed by atoms with Gasteiger partial charge in [0.25, 0.3) is 0 Å². The third-order valence-corrected chi connectivity index (χ3v) is 6.51. The molecule has 8 heteroatoms. The van der Waals surface area contributed by atoms with Crippen molar-refractivity contribution in [1.29, 1.82) is 0 Å². The van der Waals surface area contributed by atoms with E-state index in [-0.39, 0.29) is 22.5 Å². The van der Waals surface area contributed by atoms with Crippen molar-refractivity contribution in [3.63, 3.8) is 0 Å². The summed E-state index contributed by atoms with van der Waals surface area (Å²) in [7, 11) is -1.69. The third kappa shape index (κ3) is 3.36. The van der Waals surface area contributed by atoms with Crippen molar-refractivity contribution in [2.75, 3.05) is 26.7 Å². The average Bonchev–Trinajstić information content (AvgIpc) is 2.43. The summed E-state index contributed by atoms with van der Waals surface area (Å²) in [5.74, 6) is 0. The summed E-state index contributed by atoms with van der Waals surface area (Å²) >= 11 is 12.2. The molecular weight excluding hydrogens is 333 g/mol. The van der Waals surface area contributed by atoms with E-state index in [1.807, 2.05) is 14.0 Å². The lowest BCUT2D eigenvalue weighted by atomic mass is 10.2. The SMILES string of the molecule is CC1CN(S(=O)(=O)c2cc(Cl)cc(CN)c2Cl)CCN1C. The summed E-state index contributed by atoms with van der Waals surface area (Å²) in [5.41, 5.74) is 6.12. The minimum Gasteiger partial charge on any atom is -0.326 e. The maximum atomic E-state index is 12.8. The van der Waals surface area contributed by atoms with Crippen molar-refractivity contribution < 1.29 is 8.42 Å². The Hall–Kier alpha value is -0.370. The lowest BCUT2D eigenvalue weighted by Crippen LogP contribution is -2.51. The van der Waals surface area contributed by atoms with Gasteiger partial charge in [-0.1, -0.05) is 23.2 Å². The molecule has 1 aliphatic heterocycles. The minimum atomic E-state index is -3.67. The molecule has 2 N–H and O–H groups in total. The molecule has 0 aliphatic carbocycles. The maximum absolute atomic E-state index is 12.8. The summed E-state index contributed by atoms with van der Waals surface area (Å²) < 4.78 is 27.1. The second kappa shape index (κ2) is 6.40. The van der Waals surface area contributed by atoms with Gasteiger partial charge in [-0.3, -0.25) is 0 Å². The van der Waals surface area contributed by atoms with E-state index in [9.17, 15) is 8.42 Å². The van der Waals surface area contributed by atoms with Crippen molar-refractivity contribution in [1.82, 2.24) is 9.21 Å². The molecule has 1 heterocycles. The third-order valence-electron chi connectivity index (χ3n) is 3.84. The highest BCUT2D eigenvalue weighted by Gasteiger charge is 2.32. The van der Waals surface area contributed by atoms with Crippen LogP contribution in [-0.2, 0) is 16.6 Å². The van der Waals surface area contributed by atoms with E-state index in [0.29, 0.717) is 30.2 Å². The van der Waals surface area contributed by atoms with Crippen LogP contribution in [-0.4, -0.2) is 50.3 Å². The highest BCUT2D eigenvalue weighted by atomic mass is 35.5. The smallest absolute Gasteiger partial charge is 0.244 e. The molecule has 1 fully saturated rings. The Morgan fingerprint density at radius 2 is 2.00 bits per heavy atom. The number of rotatable bonds is 3. The number of sulfonamides is 1. The molecule has 2 rings (SSSR count). The molecule has 1 unspecified atom stereocenters. The highest BCUT2D eigenvalue weighted by molar-refractivity contribution is 7.89. The summed E-state index contributed by atoms with van der Waals surface area (Å²) in [6.07, 6.45) is 0. The van der Waals surface area contributed by atoms with Gasteiger partial charge < -0.3 is 10.6 Å². The first-order valence-electron chi connectivity index (χ1n) is 6.65. The molecule has 118 valence electrons. The lowest BCUT2D eigenvalue weighted by molar-refractivity contribution is 0.159. The van der Waals surface area contributed by atoms with Gasteiger partial charge in [0.1, 0.15) is 4.90 Å². The molecule has 0 spiro atoms. The normalized spacial score (nSPS) is 21.7. The van der Waals surface area contributed by atoms with Crippen LogP contribution in [0.15, 0.2) is 17.0 Å². The van der Waals surface area contributed by atoms with Gasteiger partial charge in [0.05, 0.1) is 5.02 Å². The second-order valence-corrected chi connectivity index (χ2v) is 7.99. The van der Waals surface area contributed by atoms with Gasteiger partial charge in [0.15, 0.2) is 0 Å². The van der Waals surface area contributed by atoms with Crippen LogP contribution in [0.5, 0.6) is 0 Å². The molecule has 1 atom stereocenters. The molecule has 0 saturated carbocycles. The number of benzene rings is 1. The predicted molar refractivity (Wildman–Crippen MR) is 85.2 cm³/mol. The quantitative estimate of drug-likeness (QED) is 0.901. The summed E-state index contributed by atoms with van der Waals surface area (Å²) in [6, 6.07) is 3.14. The van der Waals surface area contributed by atoms with E-state index in [1.54, 1.807) is 6.07 Å². The molecule has 1 aromatic rings. The van der Waals surface area contributed by atoms with Gasteiger partial charge in [0, 0.05) is 37.2 Å². The number of likely N-dealkylation sites (N-methyl/N-ethyl adjacent to an activating group) is 1. The highest BCUT2D eigenvalue weighted by Crippen LogP contribution is 2.32. The minimum absolute atomic E-state index is 0.0360. The van der Waals surface area contributed by atoms with Gasteiger partial charge >= 0.3 is 0 Å². The first-order valence-corrected chi connectivity index (χ1v) is 8.85. The van der Waals surface area contributed by atoms with Crippen LogP contribution >= 0.6 is 23.2 Å². The maximum Gasteiger partial charge on any atom is 0.244 e. The van der Waals surface area contributed by atoms with Crippen molar-refractivity contribution in [2.24, 2.45) is 5.73 Å². The van der Waals surface area contributed by atoms with Crippen molar-refractivity contribution in [3.8, 4) is 0 Å². The Kier molecular flexibility index (Phi) is 5.18. The molecule has 0 amide bonds. The molecule has 0 radical (unpaired) electrons. The number of hydrogen-bond acceptors (Lipinski definition) is 4. The van der Waals surface area contributed by atoms with E-state index in [4.69, 9.17) is 28.9 Å². The molecule has 0 aromatic heterocycles. The van der Waals surface area contributed by atoms with Gasteiger partial charge in [-0.15, -0.1) is 0 Å². The standard InChI is InChI=1S/C13H19Cl2N3O2S/c1-9-8-18(4-3-17(9)2)21(19,20)12-6-11(14)5-10(7-16)13(12)15/h5-6,9H,3-4,7-8,16H2,1-2H3. The van der Waals surface area contributed by atoms with Crippen LogP contribution in [0.4, 0.5) is 0 Å². The van der Waals surface area contributed by atoms with Crippen LogP contribution in [0, 0.1) is 0 Å².